The average molecular weight is 431 g/mol. The van der Waals surface area contributed by atoms with Crippen molar-refractivity contribution in [3.8, 4) is 0 Å². The Balaban J connectivity index is 0.00000264. The number of hydrogen-bond donors (Lipinski definition) is 2. The molecule has 7 nitrogen and oxygen atoms in total. The number of halogens is 1. The molecule has 0 atom stereocenters. The van der Waals surface area contributed by atoms with Crippen LogP contribution in [0.15, 0.2) is 23.5 Å². The lowest BCUT2D eigenvalue weighted by Gasteiger charge is -2.12. The van der Waals surface area contributed by atoms with Crippen LogP contribution in [0.2, 0.25) is 0 Å². The molecule has 0 aromatic carbocycles. The average Bonchev–Trinajstić information content (AvgIpc) is 3.09. The van der Waals surface area contributed by atoms with Crippen LogP contribution in [0.5, 0.6) is 0 Å². The Hall–Kier alpha value is -1.58. The molecule has 0 radical (unpaired) electrons. The van der Waals surface area contributed by atoms with Crippen molar-refractivity contribution >= 4 is 29.9 Å². The highest BCUT2D eigenvalue weighted by atomic mass is 127. The Labute approximate surface area is 154 Å². The highest BCUT2D eigenvalue weighted by Gasteiger charge is 2.09. The van der Waals surface area contributed by atoms with Gasteiger partial charge in [-0.2, -0.15) is 10.2 Å². The molecule has 0 aliphatic carbocycles. The number of nitrogens with one attached hydrogen (secondary N) is 2. The molecular weight excluding hydrogens is 405 g/mol. The van der Waals surface area contributed by atoms with Crippen LogP contribution in [0.4, 0.5) is 0 Å². The summed E-state index contributed by atoms with van der Waals surface area (Å²) in [5.41, 5.74) is 3.46. The molecule has 2 aromatic rings. The fourth-order valence-corrected chi connectivity index (χ4v) is 2.35. The summed E-state index contributed by atoms with van der Waals surface area (Å²) in [5.74, 6) is 0.808. The van der Waals surface area contributed by atoms with Gasteiger partial charge in [0.1, 0.15) is 0 Å². The molecular formula is C15H26IN7. The second kappa shape index (κ2) is 9.53. The predicted molar refractivity (Wildman–Crippen MR) is 103 cm³/mol. The third-order valence-electron chi connectivity index (χ3n) is 3.73. The van der Waals surface area contributed by atoms with Crippen molar-refractivity contribution in [3.05, 3.63) is 35.4 Å². The van der Waals surface area contributed by atoms with Gasteiger partial charge < -0.3 is 10.6 Å². The van der Waals surface area contributed by atoms with E-state index < -0.39 is 0 Å². The van der Waals surface area contributed by atoms with E-state index >= 15 is 0 Å². The molecule has 2 heterocycles. The molecule has 2 aromatic heterocycles. The maximum absolute atomic E-state index is 4.42. The molecule has 0 bridgehead atoms. The lowest BCUT2D eigenvalue weighted by Crippen LogP contribution is -2.37. The van der Waals surface area contributed by atoms with Gasteiger partial charge in [-0.1, -0.05) is 0 Å². The highest BCUT2D eigenvalue weighted by Crippen LogP contribution is 2.10. The minimum Gasteiger partial charge on any atom is -0.356 e. The smallest absolute Gasteiger partial charge is 0.191 e. The fraction of sp³-hybridized carbons (Fsp3) is 0.533. The first kappa shape index (κ1) is 19.5. The van der Waals surface area contributed by atoms with Gasteiger partial charge in [0, 0.05) is 57.4 Å². The maximum atomic E-state index is 4.42. The van der Waals surface area contributed by atoms with E-state index in [4.69, 9.17) is 0 Å². The zero-order valence-corrected chi connectivity index (χ0v) is 16.5. The predicted octanol–water partition coefficient (Wildman–Crippen LogP) is 1.61. The summed E-state index contributed by atoms with van der Waals surface area (Å²) in [4.78, 5) is 4.25. The first-order valence-corrected chi connectivity index (χ1v) is 7.53. The Morgan fingerprint density at radius 2 is 2.09 bits per heavy atom. The number of aliphatic imine (C=N–C) groups is 1. The van der Waals surface area contributed by atoms with Crippen molar-refractivity contribution < 1.29 is 0 Å². The van der Waals surface area contributed by atoms with E-state index in [1.165, 1.54) is 11.3 Å². The van der Waals surface area contributed by atoms with E-state index in [-0.39, 0.29) is 24.0 Å². The van der Waals surface area contributed by atoms with E-state index in [9.17, 15) is 0 Å². The van der Waals surface area contributed by atoms with Crippen LogP contribution in [0.3, 0.4) is 0 Å². The minimum absolute atomic E-state index is 0. The van der Waals surface area contributed by atoms with Crippen LogP contribution in [-0.2, 0) is 20.1 Å². The van der Waals surface area contributed by atoms with Crippen molar-refractivity contribution in [1.29, 1.82) is 0 Å². The zero-order valence-electron chi connectivity index (χ0n) is 14.2. The molecule has 0 saturated heterocycles. The van der Waals surface area contributed by atoms with Crippen LogP contribution in [0, 0.1) is 13.8 Å². The second-order valence-corrected chi connectivity index (χ2v) is 5.25. The minimum atomic E-state index is 0. The molecule has 0 saturated carbocycles. The van der Waals surface area contributed by atoms with Crippen molar-refractivity contribution in [1.82, 2.24) is 30.2 Å². The summed E-state index contributed by atoms with van der Waals surface area (Å²) in [6.45, 7) is 6.59. The van der Waals surface area contributed by atoms with Crippen LogP contribution in [0.1, 0.15) is 23.4 Å². The van der Waals surface area contributed by atoms with Crippen molar-refractivity contribution in [3.63, 3.8) is 0 Å². The molecule has 0 unspecified atom stereocenters. The summed E-state index contributed by atoms with van der Waals surface area (Å²) in [5, 5.41) is 15.3. The van der Waals surface area contributed by atoms with Crippen molar-refractivity contribution in [2.45, 2.75) is 33.4 Å². The molecule has 2 rings (SSSR count). The Morgan fingerprint density at radius 1 is 1.30 bits per heavy atom. The van der Waals surface area contributed by atoms with Crippen molar-refractivity contribution in [2.75, 3.05) is 13.6 Å². The Bertz CT molecular complexity index is 616. The van der Waals surface area contributed by atoms with Gasteiger partial charge in [0.2, 0.25) is 0 Å². The second-order valence-electron chi connectivity index (χ2n) is 5.25. The summed E-state index contributed by atoms with van der Waals surface area (Å²) < 4.78 is 3.84. The van der Waals surface area contributed by atoms with Gasteiger partial charge in [-0.25, -0.2) is 0 Å². The largest absolute Gasteiger partial charge is 0.356 e. The molecule has 128 valence electrons. The number of rotatable bonds is 6. The van der Waals surface area contributed by atoms with Gasteiger partial charge in [-0.15, -0.1) is 24.0 Å². The summed E-state index contributed by atoms with van der Waals surface area (Å²) >= 11 is 0. The van der Waals surface area contributed by atoms with E-state index in [0.717, 1.165) is 37.7 Å². The van der Waals surface area contributed by atoms with Crippen LogP contribution in [0.25, 0.3) is 0 Å². The molecule has 0 aliphatic rings. The lowest BCUT2D eigenvalue weighted by molar-refractivity contribution is 0.570. The first-order valence-electron chi connectivity index (χ1n) is 7.53. The van der Waals surface area contributed by atoms with Gasteiger partial charge in [0.15, 0.2) is 5.96 Å². The molecule has 0 spiro atoms. The molecule has 0 fully saturated rings. The molecule has 23 heavy (non-hydrogen) atoms. The monoisotopic (exact) mass is 431 g/mol. The molecule has 0 amide bonds. The third kappa shape index (κ3) is 5.52. The normalized spacial score (nSPS) is 11.2. The number of guanidine groups is 1. The Morgan fingerprint density at radius 3 is 2.65 bits per heavy atom. The maximum Gasteiger partial charge on any atom is 0.191 e. The lowest BCUT2D eigenvalue weighted by atomic mass is 10.2. The van der Waals surface area contributed by atoms with E-state index in [1.807, 2.05) is 35.6 Å². The summed E-state index contributed by atoms with van der Waals surface area (Å²) in [7, 11) is 3.75. The molecule has 2 N–H and O–H groups in total. The van der Waals surface area contributed by atoms with E-state index in [1.54, 1.807) is 13.2 Å². The van der Waals surface area contributed by atoms with Gasteiger partial charge >= 0.3 is 0 Å². The number of hydrogen-bond acceptors (Lipinski definition) is 3. The van der Waals surface area contributed by atoms with Gasteiger partial charge in [-0.3, -0.25) is 14.4 Å². The zero-order chi connectivity index (χ0) is 15.9. The molecule has 8 heteroatoms. The number of aryl methyl sites for hydroxylation is 3. The van der Waals surface area contributed by atoms with Gasteiger partial charge in [0.05, 0.1) is 5.69 Å². The van der Waals surface area contributed by atoms with E-state index in [2.05, 4.69) is 32.7 Å². The summed E-state index contributed by atoms with van der Waals surface area (Å²) in [6.07, 6.45) is 4.76. The van der Waals surface area contributed by atoms with Crippen LogP contribution < -0.4 is 10.6 Å². The highest BCUT2D eigenvalue weighted by molar-refractivity contribution is 14.0. The third-order valence-corrected chi connectivity index (χ3v) is 3.73. The van der Waals surface area contributed by atoms with Gasteiger partial charge in [-0.05, 0) is 26.3 Å². The Kier molecular flexibility index (Phi) is 8.07. The van der Waals surface area contributed by atoms with Crippen LogP contribution in [-0.4, -0.2) is 39.1 Å². The molecule has 0 aliphatic heterocycles. The van der Waals surface area contributed by atoms with E-state index in [0.29, 0.717) is 0 Å². The SMILES string of the molecule is CN=C(NCCCn1cccn1)NCc1c(C)nn(C)c1C.I. The van der Waals surface area contributed by atoms with Crippen molar-refractivity contribution in [2.24, 2.45) is 12.0 Å². The van der Waals surface area contributed by atoms with Crippen LogP contribution >= 0.6 is 24.0 Å². The fourth-order valence-electron chi connectivity index (χ4n) is 2.35. The summed E-state index contributed by atoms with van der Waals surface area (Å²) in [6, 6.07) is 1.94. The first-order chi connectivity index (χ1) is 10.6. The van der Waals surface area contributed by atoms with Gasteiger partial charge in [0.25, 0.3) is 0 Å². The quantitative estimate of drug-likeness (QED) is 0.316. The number of aromatic nitrogens is 4. The topological polar surface area (TPSA) is 72.1 Å². The standard InChI is InChI=1S/C15H25N7.HI/c1-12-14(13(2)21(4)20-12)11-18-15(16-3)17-7-5-9-22-10-6-8-19-22;/h6,8,10H,5,7,9,11H2,1-4H3,(H2,16,17,18);1H. The number of nitrogens with zero attached hydrogens (tertiary/aromatic N) is 5.